The number of furan rings is 3. The second kappa shape index (κ2) is 7.20. The van der Waals surface area contributed by atoms with Crippen molar-refractivity contribution in [3.8, 4) is 33.9 Å². The maximum absolute atomic E-state index is 6.60. The van der Waals surface area contributed by atoms with Crippen LogP contribution in [0.15, 0.2) is 73.9 Å². The van der Waals surface area contributed by atoms with Gasteiger partial charge in [-0.1, -0.05) is 36.4 Å². The van der Waals surface area contributed by atoms with Crippen LogP contribution in [0.25, 0.3) is 55.4 Å². The monoisotopic (exact) mass is 438 g/mol. The van der Waals surface area contributed by atoms with E-state index in [2.05, 4.69) is 12.1 Å². The number of methoxy groups -OCH3 is 2. The first-order chi connectivity index (χ1) is 16.1. The molecule has 0 radical (unpaired) electrons. The molecule has 0 amide bonds. The van der Waals surface area contributed by atoms with Gasteiger partial charge in [-0.2, -0.15) is 0 Å². The van der Waals surface area contributed by atoms with Gasteiger partial charge in [-0.3, -0.25) is 0 Å². The summed E-state index contributed by atoms with van der Waals surface area (Å²) >= 11 is 0. The number of benzene rings is 3. The average Bonchev–Trinajstić information content (AvgIpc) is 3.46. The third-order valence-corrected chi connectivity index (χ3v) is 6.20. The lowest BCUT2D eigenvalue weighted by atomic mass is 9.95. The van der Waals surface area contributed by atoms with Crippen molar-refractivity contribution >= 4 is 32.9 Å². The molecule has 6 aromatic rings. The van der Waals surface area contributed by atoms with Crippen LogP contribution in [0.5, 0.6) is 11.5 Å². The second-order valence-corrected chi connectivity index (χ2v) is 8.07. The zero-order chi connectivity index (χ0) is 22.7. The molecular weight excluding hydrogens is 416 g/mol. The molecule has 5 heteroatoms. The summed E-state index contributed by atoms with van der Waals surface area (Å²) < 4.78 is 30.1. The Hall–Kier alpha value is -4.12. The SMILES string of the molecule is COc1cc(OC)c2oc(-c3c(C)oc4ccccc34)c(-c3c(C)oc4ccccc34)c2c1. The van der Waals surface area contributed by atoms with Gasteiger partial charge >= 0.3 is 0 Å². The summed E-state index contributed by atoms with van der Waals surface area (Å²) in [6.45, 7) is 3.94. The summed E-state index contributed by atoms with van der Waals surface area (Å²) in [6.07, 6.45) is 0. The lowest BCUT2D eigenvalue weighted by Crippen LogP contribution is -1.88. The van der Waals surface area contributed by atoms with Crippen LogP contribution in [0.2, 0.25) is 0 Å². The fraction of sp³-hybridized carbons (Fsp3) is 0.143. The predicted octanol–water partition coefficient (Wildman–Crippen LogP) is 7.89. The lowest BCUT2D eigenvalue weighted by molar-refractivity contribution is 0.393. The van der Waals surface area contributed by atoms with Crippen LogP contribution >= 0.6 is 0 Å². The Balaban J connectivity index is 1.82. The van der Waals surface area contributed by atoms with E-state index in [9.17, 15) is 0 Å². The largest absolute Gasteiger partial charge is 0.497 e. The maximum Gasteiger partial charge on any atom is 0.177 e. The summed E-state index contributed by atoms with van der Waals surface area (Å²) in [5.41, 5.74) is 5.13. The van der Waals surface area contributed by atoms with Crippen molar-refractivity contribution in [2.24, 2.45) is 0 Å². The van der Waals surface area contributed by atoms with Crippen molar-refractivity contribution in [3.05, 3.63) is 72.2 Å². The van der Waals surface area contributed by atoms with E-state index in [-0.39, 0.29) is 0 Å². The van der Waals surface area contributed by atoms with Crippen LogP contribution < -0.4 is 9.47 Å². The first-order valence-electron chi connectivity index (χ1n) is 10.8. The van der Waals surface area contributed by atoms with E-state index < -0.39 is 0 Å². The molecule has 0 atom stereocenters. The predicted molar refractivity (Wildman–Crippen MR) is 129 cm³/mol. The molecule has 0 unspecified atom stereocenters. The molecule has 0 fully saturated rings. The van der Waals surface area contributed by atoms with E-state index in [1.165, 1.54) is 0 Å². The van der Waals surface area contributed by atoms with E-state index in [4.69, 9.17) is 22.7 Å². The van der Waals surface area contributed by atoms with Gasteiger partial charge < -0.3 is 22.7 Å². The Labute approximate surface area is 190 Å². The highest BCUT2D eigenvalue weighted by molar-refractivity contribution is 6.13. The molecule has 0 saturated carbocycles. The van der Waals surface area contributed by atoms with Crippen molar-refractivity contribution in [3.63, 3.8) is 0 Å². The number of aryl methyl sites for hydroxylation is 2. The third-order valence-electron chi connectivity index (χ3n) is 6.20. The zero-order valence-corrected chi connectivity index (χ0v) is 18.8. The van der Waals surface area contributed by atoms with E-state index in [1.807, 2.05) is 62.4 Å². The number of ether oxygens (including phenoxy) is 2. The maximum atomic E-state index is 6.60. The first kappa shape index (κ1) is 19.6. The number of fused-ring (bicyclic) bond motifs is 3. The van der Waals surface area contributed by atoms with Gasteiger partial charge in [0.25, 0.3) is 0 Å². The van der Waals surface area contributed by atoms with E-state index in [0.717, 1.165) is 55.5 Å². The van der Waals surface area contributed by atoms with Crippen LogP contribution in [0.1, 0.15) is 11.5 Å². The molecule has 3 aromatic carbocycles. The summed E-state index contributed by atoms with van der Waals surface area (Å²) in [5.74, 6) is 3.61. The van der Waals surface area contributed by atoms with Crippen LogP contribution in [0.4, 0.5) is 0 Å². The number of para-hydroxylation sites is 2. The van der Waals surface area contributed by atoms with Gasteiger partial charge in [0.15, 0.2) is 11.3 Å². The van der Waals surface area contributed by atoms with Gasteiger partial charge in [-0.15, -0.1) is 0 Å². The molecule has 0 aliphatic heterocycles. The van der Waals surface area contributed by atoms with Crippen molar-refractivity contribution in [1.29, 1.82) is 0 Å². The highest BCUT2D eigenvalue weighted by Gasteiger charge is 2.28. The van der Waals surface area contributed by atoms with Gasteiger partial charge in [0.1, 0.15) is 34.2 Å². The smallest absolute Gasteiger partial charge is 0.177 e. The number of rotatable bonds is 4. The average molecular weight is 438 g/mol. The molecule has 164 valence electrons. The highest BCUT2D eigenvalue weighted by atomic mass is 16.5. The summed E-state index contributed by atoms with van der Waals surface area (Å²) in [6, 6.07) is 19.9. The third kappa shape index (κ3) is 2.79. The molecule has 0 aliphatic rings. The Morgan fingerprint density at radius 3 is 1.85 bits per heavy atom. The standard InChI is InChI=1S/C28H22O5/c1-15-24(18-9-5-7-11-21(18)31-15)26-20-13-17(29-3)14-23(30-4)27(20)33-28(26)25-16(2)32-22-12-8-6-10-19(22)25/h5-14H,1-4H3. The fourth-order valence-electron chi connectivity index (χ4n) is 4.77. The van der Waals surface area contributed by atoms with Gasteiger partial charge in [0, 0.05) is 33.4 Å². The van der Waals surface area contributed by atoms with Crippen LogP contribution in [0.3, 0.4) is 0 Å². The van der Waals surface area contributed by atoms with Crippen LogP contribution in [-0.4, -0.2) is 14.2 Å². The highest BCUT2D eigenvalue weighted by Crippen LogP contribution is 2.51. The lowest BCUT2D eigenvalue weighted by Gasteiger charge is -2.06. The molecular formula is C28H22O5. The second-order valence-electron chi connectivity index (χ2n) is 8.07. The number of hydrogen-bond donors (Lipinski definition) is 0. The Kier molecular flexibility index (Phi) is 4.27. The molecule has 0 bridgehead atoms. The normalized spacial score (nSPS) is 11.6. The van der Waals surface area contributed by atoms with E-state index in [1.54, 1.807) is 14.2 Å². The van der Waals surface area contributed by atoms with Crippen molar-refractivity contribution in [2.75, 3.05) is 14.2 Å². The quantitative estimate of drug-likeness (QED) is 0.280. The fourth-order valence-corrected chi connectivity index (χ4v) is 4.77. The summed E-state index contributed by atoms with van der Waals surface area (Å²) in [7, 11) is 3.28. The Morgan fingerprint density at radius 2 is 1.21 bits per heavy atom. The minimum absolute atomic E-state index is 0.604. The Morgan fingerprint density at radius 1 is 0.606 bits per heavy atom. The molecule has 0 spiro atoms. The van der Waals surface area contributed by atoms with Gasteiger partial charge in [0.2, 0.25) is 0 Å². The van der Waals surface area contributed by atoms with E-state index >= 15 is 0 Å². The molecule has 0 saturated heterocycles. The molecule has 0 N–H and O–H groups in total. The molecule has 3 aromatic heterocycles. The van der Waals surface area contributed by atoms with Gasteiger partial charge in [-0.05, 0) is 32.0 Å². The molecule has 33 heavy (non-hydrogen) atoms. The summed E-state index contributed by atoms with van der Waals surface area (Å²) in [5, 5.41) is 2.90. The summed E-state index contributed by atoms with van der Waals surface area (Å²) in [4.78, 5) is 0. The van der Waals surface area contributed by atoms with Crippen LogP contribution in [-0.2, 0) is 0 Å². The van der Waals surface area contributed by atoms with Gasteiger partial charge in [-0.25, -0.2) is 0 Å². The first-order valence-corrected chi connectivity index (χ1v) is 10.8. The van der Waals surface area contributed by atoms with Crippen LogP contribution in [0, 0.1) is 13.8 Å². The van der Waals surface area contributed by atoms with E-state index in [0.29, 0.717) is 22.8 Å². The molecule has 6 rings (SSSR count). The Bertz CT molecular complexity index is 1660. The molecule has 5 nitrogen and oxygen atoms in total. The molecule has 0 aliphatic carbocycles. The topological polar surface area (TPSA) is 57.9 Å². The zero-order valence-electron chi connectivity index (χ0n) is 18.8. The van der Waals surface area contributed by atoms with Gasteiger partial charge in [0.05, 0.1) is 19.8 Å². The van der Waals surface area contributed by atoms with Crippen molar-refractivity contribution in [2.45, 2.75) is 13.8 Å². The van der Waals surface area contributed by atoms with Crippen molar-refractivity contribution < 1.29 is 22.7 Å². The minimum atomic E-state index is 0.604. The number of hydrogen-bond acceptors (Lipinski definition) is 5. The minimum Gasteiger partial charge on any atom is -0.497 e. The molecule has 3 heterocycles. The van der Waals surface area contributed by atoms with Crippen molar-refractivity contribution in [1.82, 2.24) is 0 Å².